The smallest absolute Gasteiger partial charge is 0.277 e. The minimum Gasteiger partial charge on any atom is -0.394 e. The summed E-state index contributed by atoms with van der Waals surface area (Å²) >= 11 is 0. The molecular weight excluding hydrogens is 252 g/mol. The summed E-state index contributed by atoms with van der Waals surface area (Å²) in [6.45, 7) is -0.164. The SMILES string of the molecule is Nc1cc2c(ncn2[C@H]2O[C@@H](CO)C[C@@H]2O)c(=O)[nH]1. The third kappa shape index (κ3) is 1.89. The number of rotatable bonds is 2. The number of fused-ring (bicyclic) bond motifs is 1. The van der Waals surface area contributed by atoms with Gasteiger partial charge in [0.25, 0.3) is 5.56 Å². The Balaban J connectivity index is 2.09. The second kappa shape index (κ2) is 4.34. The maximum absolute atomic E-state index is 11.7. The number of pyridine rings is 1. The van der Waals surface area contributed by atoms with Gasteiger partial charge >= 0.3 is 0 Å². The van der Waals surface area contributed by atoms with Gasteiger partial charge in [-0.05, 0) is 0 Å². The van der Waals surface area contributed by atoms with Crippen molar-refractivity contribution in [3.8, 4) is 0 Å². The van der Waals surface area contributed by atoms with Crippen LogP contribution in [0.15, 0.2) is 17.2 Å². The van der Waals surface area contributed by atoms with E-state index in [0.29, 0.717) is 11.9 Å². The third-order valence-electron chi connectivity index (χ3n) is 3.24. The van der Waals surface area contributed by atoms with Crippen LogP contribution in [0.2, 0.25) is 0 Å². The highest BCUT2D eigenvalue weighted by atomic mass is 16.5. The lowest BCUT2D eigenvalue weighted by molar-refractivity contribution is -0.0484. The van der Waals surface area contributed by atoms with Crippen molar-refractivity contribution in [2.45, 2.75) is 24.9 Å². The number of hydrogen-bond acceptors (Lipinski definition) is 6. The first-order valence-corrected chi connectivity index (χ1v) is 5.90. The number of nitrogen functional groups attached to an aromatic ring is 1. The van der Waals surface area contributed by atoms with Gasteiger partial charge in [0.2, 0.25) is 0 Å². The molecule has 19 heavy (non-hydrogen) atoms. The molecule has 5 N–H and O–H groups in total. The predicted molar refractivity (Wildman–Crippen MR) is 66.4 cm³/mol. The zero-order valence-corrected chi connectivity index (χ0v) is 9.98. The van der Waals surface area contributed by atoms with E-state index in [-0.39, 0.29) is 23.5 Å². The van der Waals surface area contributed by atoms with Crippen molar-refractivity contribution >= 4 is 16.9 Å². The Labute approximate surface area is 107 Å². The van der Waals surface area contributed by atoms with Gasteiger partial charge < -0.3 is 30.2 Å². The van der Waals surface area contributed by atoms with Crippen LogP contribution in [0.25, 0.3) is 11.0 Å². The molecule has 2 aromatic rings. The van der Waals surface area contributed by atoms with Gasteiger partial charge in [-0.25, -0.2) is 4.98 Å². The van der Waals surface area contributed by atoms with Crippen LogP contribution in [-0.4, -0.2) is 43.6 Å². The minimum absolute atomic E-state index is 0.164. The van der Waals surface area contributed by atoms with Gasteiger partial charge in [-0.1, -0.05) is 0 Å². The minimum atomic E-state index is -0.768. The van der Waals surface area contributed by atoms with E-state index < -0.39 is 18.4 Å². The highest BCUT2D eigenvalue weighted by Gasteiger charge is 2.35. The lowest BCUT2D eigenvalue weighted by Gasteiger charge is -2.16. The lowest BCUT2D eigenvalue weighted by atomic mass is 10.2. The quantitative estimate of drug-likeness (QED) is 0.549. The zero-order chi connectivity index (χ0) is 13.6. The first kappa shape index (κ1) is 12.2. The monoisotopic (exact) mass is 266 g/mol. The molecule has 0 unspecified atom stereocenters. The molecule has 0 radical (unpaired) electrons. The Bertz CT molecular complexity index is 664. The van der Waals surface area contributed by atoms with E-state index in [1.165, 1.54) is 6.33 Å². The number of anilines is 1. The summed E-state index contributed by atoms with van der Waals surface area (Å²) in [5, 5.41) is 19.0. The zero-order valence-electron chi connectivity index (χ0n) is 9.98. The summed E-state index contributed by atoms with van der Waals surface area (Å²) < 4.78 is 7.08. The molecule has 0 saturated carbocycles. The van der Waals surface area contributed by atoms with Crippen LogP contribution in [0.1, 0.15) is 12.6 Å². The van der Waals surface area contributed by atoms with Crippen LogP contribution < -0.4 is 11.3 Å². The molecule has 1 fully saturated rings. The Morgan fingerprint density at radius 2 is 2.42 bits per heavy atom. The molecule has 8 heteroatoms. The number of aromatic nitrogens is 3. The summed E-state index contributed by atoms with van der Waals surface area (Å²) in [7, 11) is 0. The van der Waals surface area contributed by atoms with Crippen LogP contribution in [0.5, 0.6) is 0 Å². The Morgan fingerprint density at radius 3 is 3.11 bits per heavy atom. The van der Waals surface area contributed by atoms with Gasteiger partial charge in [0, 0.05) is 12.5 Å². The number of aliphatic hydroxyl groups is 2. The van der Waals surface area contributed by atoms with Gasteiger partial charge in [0.1, 0.15) is 11.9 Å². The summed E-state index contributed by atoms with van der Waals surface area (Å²) in [5.41, 5.74) is 5.93. The standard InChI is InChI=1S/C11H14N4O4/c12-8-2-6-9(10(18)14-8)13-4-15(6)11-7(17)1-5(3-16)19-11/h2,4-5,7,11,16-17H,1,3H2,(H3,12,14,18)/t5-,7+,11+/m1/s1. The topological polar surface area (TPSA) is 126 Å². The second-order valence-corrected chi connectivity index (χ2v) is 4.57. The van der Waals surface area contributed by atoms with E-state index in [1.807, 2.05) is 0 Å². The first-order chi connectivity index (χ1) is 9.10. The number of hydrogen-bond donors (Lipinski definition) is 4. The molecule has 0 spiro atoms. The molecule has 8 nitrogen and oxygen atoms in total. The second-order valence-electron chi connectivity index (χ2n) is 4.57. The fraction of sp³-hybridized carbons (Fsp3) is 0.455. The number of ether oxygens (including phenoxy) is 1. The number of imidazole rings is 1. The number of nitrogens with two attached hydrogens (primary N) is 1. The Morgan fingerprint density at radius 1 is 1.63 bits per heavy atom. The van der Waals surface area contributed by atoms with E-state index in [4.69, 9.17) is 15.6 Å². The summed E-state index contributed by atoms with van der Waals surface area (Å²) in [6.07, 6.45) is -0.109. The highest BCUT2D eigenvalue weighted by molar-refractivity contribution is 5.76. The number of nitrogens with one attached hydrogen (secondary N) is 1. The molecule has 0 bridgehead atoms. The molecule has 102 valence electrons. The molecule has 0 aromatic carbocycles. The first-order valence-electron chi connectivity index (χ1n) is 5.90. The molecule has 3 rings (SSSR count). The van der Waals surface area contributed by atoms with E-state index in [2.05, 4.69) is 9.97 Å². The Kier molecular flexibility index (Phi) is 2.77. The van der Waals surface area contributed by atoms with Gasteiger partial charge in [-0.2, -0.15) is 0 Å². The van der Waals surface area contributed by atoms with Crippen LogP contribution >= 0.6 is 0 Å². The largest absolute Gasteiger partial charge is 0.394 e. The van der Waals surface area contributed by atoms with Gasteiger partial charge in [0.05, 0.1) is 24.6 Å². The Hall–Kier alpha value is -1.90. The molecule has 2 aromatic heterocycles. The molecular formula is C11H14N4O4. The number of H-pyrrole nitrogens is 1. The number of aliphatic hydroxyl groups excluding tert-OH is 2. The van der Waals surface area contributed by atoms with E-state index in [0.717, 1.165) is 0 Å². The number of aromatic amines is 1. The predicted octanol–water partition coefficient (Wildman–Crippen LogP) is -1.05. The van der Waals surface area contributed by atoms with Crippen molar-refractivity contribution in [3.63, 3.8) is 0 Å². The maximum Gasteiger partial charge on any atom is 0.277 e. The molecule has 1 aliphatic heterocycles. The molecule has 0 amide bonds. The summed E-state index contributed by atoms with van der Waals surface area (Å²) in [6, 6.07) is 1.56. The molecule has 0 aliphatic carbocycles. The molecule has 3 heterocycles. The molecule has 3 atom stereocenters. The van der Waals surface area contributed by atoms with Crippen molar-refractivity contribution < 1.29 is 14.9 Å². The van der Waals surface area contributed by atoms with Crippen LogP contribution in [0, 0.1) is 0 Å². The lowest BCUT2D eigenvalue weighted by Crippen LogP contribution is -2.19. The third-order valence-corrected chi connectivity index (χ3v) is 3.24. The van der Waals surface area contributed by atoms with Crippen molar-refractivity contribution in [1.29, 1.82) is 0 Å². The van der Waals surface area contributed by atoms with Crippen molar-refractivity contribution in [3.05, 3.63) is 22.7 Å². The average molecular weight is 266 g/mol. The number of nitrogens with zero attached hydrogens (tertiary/aromatic N) is 2. The highest BCUT2D eigenvalue weighted by Crippen LogP contribution is 2.30. The van der Waals surface area contributed by atoms with E-state index in [9.17, 15) is 9.90 Å². The van der Waals surface area contributed by atoms with E-state index >= 15 is 0 Å². The van der Waals surface area contributed by atoms with E-state index in [1.54, 1.807) is 10.6 Å². The van der Waals surface area contributed by atoms with Gasteiger partial charge in [-0.15, -0.1) is 0 Å². The van der Waals surface area contributed by atoms with Gasteiger partial charge in [0.15, 0.2) is 11.7 Å². The van der Waals surface area contributed by atoms with Crippen LogP contribution in [-0.2, 0) is 4.74 Å². The summed E-state index contributed by atoms with van der Waals surface area (Å²) in [4.78, 5) is 18.1. The normalized spacial score (nSPS) is 27.2. The van der Waals surface area contributed by atoms with Gasteiger partial charge in [-0.3, -0.25) is 4.79 Å². The fourth-order valence-corrected chi connectivity index (χ4v) is 2.36. The molecule has 1 saturated heterocycles. The van der Waals surface area contributed by atoms with Crippen LogP contribution in [0.4, 0.5) is 5.82 Å². The van der Waals surface area contributed by atoms with Crippen LogP contribution in [0.3, 0.4) is 0 Å². The van der Waals surface area contributed by atoms with Crippen molar-refractivity contribution in [1.82, 2.24) is 14.5 Å². The fourth-order valence-electron chi connectivity index (χ4n) is 2.36. The molecule has 1 aliphatic rings. The summed E-state index contributed by atoms with van der Waals surface area (Å²) in [5.74, 6) is 0.213. The maximum atomic E-state index is 11.7. The average Bonchev–Trinajstić information content (AvgIpc) is 2.92. The van der Waals surface area contributed by atoms with Crippen molar-refractivity contribution in [2.24, 2.45) is 0 Å². The van der Waals surface area contributed by atoms with Crippen molar-refractivity contribution in [2.75, 3.05) is 12.3 Å².